The Morgan fingerprint density at radius 1 is 0.931 bits per heavy atom. The van der Waals surface area contributed by atoms with Gasteiger partial charge in [0.15, 0.2) is 0 Å². The number of carbonyl (C=O) groups is 2. The van der Waals surface area contributed by atoms with Crippen molar-refractivity contribution in [2.75, 3.05) is 26.2 Å². The fourth-order valence-corrected chi connectivity index (χ4v) is 3.71. The van der Waals surface area contributed by atoms with Gasteiger partial charge in [0.1, 0.15) is 0 Å². The Hall–Kier alpha value is -2.37. The van der Waals surface area contributed by atoms with Gasteiger partial charge in [-0.1, -0.05) is 55.0 Å². The molecule has 29 heavy (non-hydrogen) atoms. The van der Waals surface area contributed by atoms with E-state index in [4.69, 9.17) is 5.73 Å². The van der Waals surface area contributed by atoms with Crippen molar-refractivity contribution in [2.45, 2.75) is 26.3 Å². The van der Waals surface area contributed by atoms with Crippen LogP contribution in [0.3, 0.4) is 0 Å². The van der Waals surface area contributed by atoms with Crippen LogP contribution < -0.4 is 5.73 Å². The zero-order chi connectivity index (χ0) is 20.1. The Morgan fingerprint density at radius 2 is 1.59 bits per heavy atom. The lowest BCUT2D eigenvalue weighted by atomic mass is 9.94. The molecule has 5 nitrogen and oxygen atoms in total. The van der Waals surface area contributed by atoms with Gasteiger partial charge in [-0.3, -0.25) is 9.59 Å². The highest BCUT2D eigenvalue weighted by molar-refractivity contribution is 5.94. The summed E-state index contributed by atoms with van der Waals surface area (Å²) in [5.74, 6) is -0.213. The topological polar surface area (TPSA) is 66.6 Å². The van der Waals surface area contributed by atoms with Gasteiger partial charge in [-0.2, -0.15) is 0 Å². The van der Waals surface area contributed by atoms with Crippen LogP contribution in [0.15, 0.2) is 54.6 Å². The molecule has 0 bridgehead atoms. The number of amides is 2. The maximum absolute atomic E-state index is 13.0. The second-order valence-corrected chi connectivity index (χ2v) is 7.57. The van der Waals surface area contributed by atoms with Crippen molar-refractivity contribution < 1.29 is 9.59 Å². The quantitative estimate of drug-likeness (QED) is 0.831. The molecule has 2 N–H and O–H groups in total. The second kappa shape index (κ2) is 10.4. The number of nitrogens with two attached hydrogens (primary N) is 1. The van der Waals surface area contributed by atoms with Crippen LogP contribution in [0, 0.1) is 12.8 Å². The number of nitrogens with zero attached hydrogens (tertiary/aromatic N) is 2. The second-order valence-electron chi connectivity index (χ2n) is 7.57. The maximum atomic E-state index is 13.0. The molecule has 2 unspecified atom stereocenters. The normalized spacial score (nSPS) is 16.4. The van der Waals surface area contributed by atoms with E-state index in [1.165, 1.54) is 0 Å². The molecule has 2 atom stereocenters. The van der Waals surface area contributed by atoms with Crippen molar-refractivity contribution in [3.63, 3.8) is 0 Å². The zero-order valence-electron chi connectivity index (χ0n) is 17.1. The van der Waals surface area contributed by atoms with Gasteiger partial charge in [-0.15, -0.1) is 12.4 Å². The smallest absolute Gasteiger partial charge is 0.253 e. The zero-order valence-corrected chi connectivity index (χ0v) is 17.9. The van der Waals surface area contributed by atoms with E-state index in [0.29, 0.717) is 31.7 Å². The minimum atomic E-state index is -0.331. The number of halogens is 1. The first-order valence-corrected chi connectivity index (χ1v) is 9.92. The molecule has 2 amide bonds. The number of rotatable bonds is 4. The summed E-state index contributed by atoms with van der Waals surface area (Å²) in [7, 11) is 0. The lowest BCUT2D eigenvalue weighted by molar-refractivity contribution is -0.135. The summed E-state index contributed by atoms with van der Waals surface area (Å²) in [5.41, 5.74) is 9.08. The van der Waals surface area contributed by atoms with Crippen LogP contribution in [0.2, 0.25) is 0 Å². The highest BCUT2D eigenvalue weighted by atomic mass is 35.5. The van der Waals surface area contributed by atoms with E-state index < -0.39 is 0 Å². The molecule has 0 aliphatic carbocycles. The molecule has 0 spiro atoms. The number of aryl methyl sites for hydroxylation is 1. The van der Waals surface area contributed by atoms with Gasteiger partial charge < -0.3 is 15.5 Å². The molecule has 0 radical (unpaired) electrons. The molecule has 2 aromatic rings. The van der Waals surface area contributed by atoms with Crippen LogP contribution in [0.4, 0.5) is 0 Å². The summed E-state index contributed by atoms with van der Waals surface area (Å²) in [6.07, 6.45) is 0.774. The van der Waals surface area contributed by atoms with Gasteiger partial charge in [0.25, 0.3) is 5.91 Å². The van der Waals surface area contributed by atoms with E-state index in [9.17, 15) is 9.59 Å². The molecule has 1 aliphatic rings. The molecule has 1 saturated heterocycles. The Morgan fingerprint density at radius 3 is 2.28 bits per heavy atom. The molecule has 6 heteroatoms. The maximum Gasteiger partial charge on any atom is 0.253 e. The average Bonchev–Trinajstić information content (AvgIpc) is 2.98. The summed E-state index contributed by atoms with van der Waals surface area (Å²) in [5, 5.41) is 0. The van der Waals surface area contributed by atoms with E-state index >= 15 is 0 Å². The third-order valence-corrected chi connectivity index (χ3v) is 5.47. The molecular weight excluding hydrogens is 386 g/mol. The van der Waals surface area contributed by atoms with Crippen LogP contribution in [-0.2, 0) is 4.79 Å². The molecule has 0 saturated carbocycles. The summed E-state index contributed by atoms with van der Waals surface area (Å²) < 4.78 is 0. The summed E-state index contributed by atoms with van der Waals surface area (Å²) in [4.78, 5) is 29.5. The van der Waals surface area contributed by atoms with Crippen molar-refractivity contribution >= 4 is 24.2 Å². The van der Waals surface area contributed by atoms with Crippen molar-refractivity contribution in [3.8, 4) is 0 Å². The Kier molecular flexibility index (Phi) is 8.23. The van der Waals surface area contributed by atoms with Gasteiger partial charge in [0.2, 0.25) is 5.91 Å². The van der Waals surface area contributed by atoms with E-state index in [-0.39, 0.29) is 36.2 Å². The molecule has 1 heterocycles. The highest BCUT2D eigenvalue weighted by Crippen LogP contribution is 2.22. The minimum absolute atomic E-state index is 0. The van der Waals surface area contributed by atoms with Crippen LogP contribution >= 0.6 is 12.4 Å². The summed E-state index contributed by atoms with van der Waals surface area (Å²) in [6.45, 7) is 6.28. The first-order valence-electron chi connectivity index (χ1n) is 9.92. The van der Waals surface area contributed by atoms with Crippen molar-refractivity contribution in [3.05, 3.63) is 71.3 Å². The first-order chi connectivity index (χ1) is 13.5. The average molecular weight is 416 g/mol. The fourth-order valence-electron chi connectivity index (χ4n) is 3.71. The lowest BCUT2D eigenvalue weighted by Gasteiger charge is -2.27. The van der Waals surface area contributed by atoms with Gasteiger partial charge in [0, 0.05) is 37.8 Å². The monoisotopic (exact) mass is 415 g/mol. The number of hydrogen-bond acceptors (Lipinski definition) is 3. The van der Waals surface area contributed by atoms with Crippen LogP contribution in [-0.4, -0.2) is 47.8 Å². The predicted molar refractivity (Wildman–Crippen MR) is 118 cm³/mol. The van der Waals surface area contributed by atoms with Crippen LogP contribution in [0.25, 0.3) is 0 Å². The Balaban J connectivity index is 0.00000300. The third-order valence-electron chi connectivity index (χ3n) is 5.47. The fraction of sp³-hybridized carbons (Fsp3) is 0.391. The van der Waals surface area contributed by atoms with Crippen molar-refractivity contribution in [1.29, 1.82) is 0 Å². The van der Waals surface area contributed by atoms with Crippen molar-refractivity contribution in [2.24, 2.45) is 11.7 Å². The molecule has 1 fully saturated rings. The summed E-state index contributed by atoms with van der Waals surface area (Å²) in [6, 6.07) is 17.1. The largest absolute Gasteiger partial charge is 0.341 e. The van der Waals surface area contributed by atoms with Crippen molar-refractivity contribution in [1.82, 2.24) is 9.80 Å². The Labute approximate surface area is 179 Å². The molecule has 0 aromatic heterocycles. The molecule has 156 valence electrons. The number of carbonyl (C=O) groups excluding carboxylic acids is 2. The van der Waals surface area contributed by atoms with Gasteiger partial charge in [0.05, 0.1) is 5.92 Å². The first kappa shape index (κ1) is 22.9. The van der Waals surface area contributed by atoms with E-state index in [0.717, 1.165) is 17.5 Å². The van der Waals surface area contributed by atoms with Crippen LogP contribution in [0.1, 0.15) is 40.9 Å². The lowest BCUT2D eigenvalue weighted by Crippen LogP contribution is -2.42. The SMILES string of the molecule is Cc1cccc(C(=O)N2CCCN(C(=O)C(C)C(N)c3ccccc3)CC2)c1.Cl. The van der Waals surface area contributed by atoms with E-state index in [2.05, 4.69) is 0 Å². The molecular formula is C23H30ClN3O2. The number of hydrogen-bond donors (Lipinski definition) is 1. The summed E-state index contributed by atoms with van der Waals surface area (Å²) >= 11 is 0. The highest BCUT2D eigenvalue weighted by Gasteiger charge is 2.29. The standard InChI is InChI=1S/C23H29N3O2.ClH/c1-17-8-6-11-20(16-17)23(28)26-13-7-12-25(14-15-26)22(27)18(2)21(24)19-9-4-3-5-10-19;/h3-6,8-11,16,18,21H,7,12-15,24H2,1-2H3;1H. The minimum Gasteiger partial charge on any atom is -0.341 e. The van der Waals surface area contributed by atoms with Gasteiger partial charge in [-0.05, 0) is 31.0 Å². The van der Waals surface area contributed by atoms with E-state index in [1.54, 1.807) is 0 Å². The predicted octanol–water partition coefficient (Wildman–Crippen LogP) is 3.43. The van der Waals surface area contributed by atoms with Gasteiger partial charge >= 0.3 is 0 Å². The van der Waals surface area contributed by atoms with Crippen LogP contribution in [0.5, 0.6) is 0 Å². The Bertz CT molecular complexity index is 828. The van der Waals surface area contributed by atoms with E-state index in [1.807, 2.05) is 78.2 Å². The molecule has 1 aliphatic heterocycles. The molecule has 2 aromatic carbocycles. The number of benzene rings is 2. The third kappa shape index (κ3) is 5.58. The van der Waals surface area contributed by atoms with Gasteiger partial charge in [-0.25, -0.2) is 0 Å². The molecule has 3 rings (SSSR count).